The fraction of sp³-hybridized carbons (Fsp3) is 0.0282. The number of fused-ring (bicyclic) bond motifs is 9. The third-order valence-electron chi connectivity index (χ3n) is 15.4. The molecule has 0 amide bonds. The smallest absolute Gasteiger partial charge is 0.164 e. The van der Waals surface area contributed by atoms with Crippen molar-refractivity contribution in [3.63, 3.8) is 0 Å². The molecule has 0 aliphatic heterocycles. The van der Waals surface area contributed by atoms with E-state index in [4.69, 9.17) is 19.4 Å². The molecule has 15 rings (SSSR count). The summed E-state index contributed by atoms with van der Waals surface area (Å²) in [7, 11) is 0. The zero-order valence-electron chi connectivity index (χ0n) is 41.3. The second-order valence-electron chi connectivity index (χ2n) is 19.9. The molecule has 0 bridgehead atoms. The van der Waals surface area contributed by atoms with Crippen molar-refractivity contribution in [2.75, 3.05) is 0 Å². The van der Waals surface area contributed by atoms with Crippen LogP contribution < -0.4 is 0 Å². The molecule has 0 saturated heterocycles. The topological polar surface area (TPSA) is 56.7 Å². The van der Waals surface area contributed by atoms with Crippen molar-refractivity contribution in [1.82, 2.24) is 19.5 Å². The molecule has 1 atom stereocenters. The van der Waals surface area contributed by atoms with Gasteiger partial charge in [0.15, 0.2) is 17.5 Å². The second-order valence-corrected chi connectivity index (χ2v) is 19.9. The first kappa shape index (κ1) is 43.6. The Kier molecular flexibility index (Phi) is 10.3. The van der Waals surface area contributed by atoms with Crippen molar-refractivity contribution < 1.29 is 4.42 Å². The quantitative estimate of drug-likeness (QED) is 0.145. The van der Waals surface area contributed by atoms with E-state index in [1.54, 1.807) is 0 Å². The van der Waals surface area contributed by atoms with Gasteiger partial charge < -0.3 is 8.98 Å². The van der Waals surface area contributed by atoms with Crippen LogP contribution in [0.15, 0.2) is 265 Å². The van der Waals surface area contributed by atoms with E-state index in [9.17, 15) is 0 Å². The highest BCUT2D eigenvalue weighted by Gasteiger charge is 2.29. The molecule has 0 spiro atoms. The molecule has 1 aliphatic rings. The van der Waals surface area contributed by atoms with E-state index in [0.29, 0.717) is 23.4 Å². The molecule has 1 aliphatic carbocycles. The number of hydrogen-bond acceptors (Lipinski definition) is 4. The van der Waals surface area contributed by atoms with Crippen LogP contribution in [0.3, 0.4) is 0 Å². The van der Waals surface area contributed by atoms with E-state index in [1.165, 1.54) is 49.7 Å². The average molecular weight is 971 g/mol. The average Bonchev–Trinajstić information content (AvgIpc) is 4.24. The summed E-state index contributed by atoms with van der Waals surface area (Å²) in [5.74, 6) is 2.10. The van der Waals surface area contributed by atoms with Crippen LogP contribution in [0.2, 0.25) is 0 Å². The molecule has 356 valence electrons. The van der Waals surface area contributed by atoms with Crippen molar-refractivity contribution in [3.8, 4) is 84.4 Å². The minimum Gasteiger partial charge on any atom is -0.455 e. The van der Waals surface area contributed by atoms with Crippen molar-refractivity contribution >= 4 is 43.7 Å². The maximum absolute atomic E-state index is 7.10. The fourth-order valence-electron chi connectivity index (χ4n) is 11.9. The maximum atomic E-state index is 7.10. The molecule has 14 aromatic rings. The minimum absolute atomic E-state index is 0.310. The summed E-state index contributed by atoms with van der Waals surface area (Å²) in [6.45, 7) is 0. The van der Waals surface area contributed by atoms with Gasteiger partial charge in [-0.05, 0) is 111 Å². The molecule has 5 nitrogen and oxygen atoms in total. The number of para-hydroxylation sites is 1. The zero-order chi connectivity index (χ0) is 50.1. The first-order valence-corrected chi connectivity index (χ1v) is 26.0. The largest absolute Gasteiger partial charge is 0.455 e. The van der Waals surface area contributed by atoms with Gasteiger partial charge in [-0.2, -0.15) is 0 Å². The fourth-order valence-corrected chi connectivity index (χ4v) is 11.9. The summed E-state index contributed by atoms with van der Waals surface area (Å²) in [5, 5.41) is 4.29. The lowest BCUT2D eigenvalue weighted by Crippen LogP contribution is -2.01. The van der Waals surface area contributed by atoms with Gasteiger partial charge in [-0.3, -0.25) is 0 Å². The van der Waals surface area contributed by atoms with Gasteiger partial charge in [0.05, 0.1) is 11.0 Å². The predicted molar refractivity (Wildman–Crippen MR) is 311 cm³/mol. The van der Waals surface area contributed by atoms with E-state index in [2.05, 4.69) is 199 Å². The highest BCUT2D eigenvalue weighted by atomic mass is 16.3. The van der Waals surface area contributed by atoms with Gasteiger partial charge in [0.1, 0.15) is 11.2 Å². The molecular formula is C71H46N4O. The molecule has 76 heavy (non-hydrogen) atoms. The summed E-state index contributed by atoms with van der Waals surface area (Å²) < 4.78 is 9.52. The van der Waals surface area contributed by atoms with Crippen LogP contribution in [0.5, 0.6) is 0 Å². The lowest BCUT2D eigenvalue weighted by Gasteiger charge is -2.14. The van der Waals surface area contributed by atoms with Crippen LogP contribution in [0.1, 0.15) is 22.6 Å². The van der Waals surface area contributed by atoms with E-state index in [1.807, 2.05) is 66.7 Å². The van der Waals surface area contributed by atoms with E-state index in [0.717, 1.165) is 84.0 Å². The summed E-state index contributed by atoms with van der Waals surface area (Å²) in [4.78, 5) is 15.5. The highest BCUT2D eigenvalue weighted by molar-refractivity contribution is 6.17. The number of hydrogen-bond donors (Lipinski definition) is 0. The lowest BCUT2D eigenvalue weighted by molar-refractivity contribution is 0.670. The third-order valence-corrected chi connectivity index (χ3v) is 15.4. The van der Waals surface area contributed by atoms with E-state index < -0.39 is 0 Å². The molecule has 1 unspecified atom stereocenters. The molecule has 0 N–H and O–H groups in total. The Hall–Kier alpha value is -9.97. The van der Waals surface area contributed by atoms with Crippen LogP contribution >= 0.6 is 0 Å². The van der Waals surface area contributed by atoms with Crippen molar-refractivity contribution in [1.29, 1.82) is 0 Å². The molecule has 0 fully saturated rings. The van der Waals surface area contributed by atoms with Gasteiger partial charge in [-0.15, -0.1) is 0 Å². The third kappa shape index (κ3) is 7.35. The Morgan fingerprint density at radius 1 is 0.342 bits per heavy atom. The highest BCUT2D eigenvalue weighted by Crippen LogP contribution is 2.49. The molecular weight excluding hydrogens is 925 g/mol. The van der Waals surface area contributed by atoms with Crippen LogP contribution in [-0.4, -0.2) is 19.5 Å². The Morgan fingerprint density at radius 2 is 0.908 bits per heavy atom. The first-order chi connectivity index (χ1) is 37.7. The molecule has 3 aromatic heterocycles. The molecule has 0 radical (unpaired) electrons. The van der Waals surface area contributed by atoms with Gasteiger partial charge in [0, 0.05) is 55.4 Å². The summed E-state index contributed by atoms with van der Waals surface area (Å²) in [6, 6.07) is 93.3. The Morgan fingerprint density at radius 3 is 1.68 bits per heavy atom. The minimum atomic E-state index is 0.310. The second kappa shape index (κ2) is 17.9. The van der Waals surface area contributed by atoms with E-state index in [-0.39, 0.29) is 0 Å². The Balaban J connectivity index is 0.936. The van der Waals surface area contributed by atoms with E-state index >= 15 is 0 Å². The van der Waals surface area contributed by atoms with Gasteiger partial charge in [-0.25, -0.2) is 15.0 Å². The van der Waals surface area contributed by atoms with Crippen LogP contribution in [0, 0.1) is 0 Å². The van der Waals surface area contributed by atoms with Crippen molar-refractivity contribution in [3.05, 3.63) is 278 Å². The molecule has 0 saturated carbocycles. The molecule has 5 heteroatoms. The standard InChI is InChI=1S/C71H46N4O/c1-5-19-45(20-6-1)39-60-54-29-13-14-30-55(54)61-41-50(35-37-56(60)61)51-36-38-65-62(42-51)57-31-15-16-33-64(57)75(65)53-43-59(52-28-17-27-49(40-52)46-21-7-2-8-22-46)68-63(44-53)67-58(32-18-34-66(67)76-68)71-73-69(47-23-9-3-10-24-47)72-70(74-71)48-25-11-4-12-26-48/h1-38,40-44,60H,39H2. The van der Waals surface area contributed by atoms with Crippen molar-refractivity contribution in [2.24, 2.45) is 0 Å². The maximum Gasteiger partial charge on any atom is 0.164 e. The number of rotatable bonds is 9. The summed E-state index contributed by atoms with van der Waals surface area (Å²) >= 11 is 0. The van der Waals surface area contributed by atoms with Crippen LogP contribution in [0.25, 0.3) is 128 Å². The van der Waals surface area contributed by atoms with Gasteiger partial charge in [0.2, 0.25) is 0 Å². The normalized spacial score (nSPS) is 12.9. The van der Waals surface area contributed by atoms with Crippen LogP contribution in [0.4, 0.5) is 0 Å². The summed E-state index contributed by atoms with van der Waals surface area (Å²) in [5.41, 5.74) is 21.0. The van der Waals surface area contributed by atoms with Crippen molar-refractivity contribution in [2.45, 2.75) is 12.3 Å². The van der Waals surface area contributed by atoms with Gasteiger partial charge in [-0.1, -0.05) is 212 Å². The molecule has 3 heterocycles. The Bertz CT molecular complexity index is 4480. The number of aromatic nitrogens is 4. The SMILES string of the molecule is c1ccc(CC2c3ccccc3-c3cc(-c4ccc5c(c4)c4ccccc4n5-c4cc(-c5cccc(-c6ccccc6)c5)c5oc6cccc(-c7nc(-c8ccccc8)nc(-c8ccccc8)n7)c6c5c4)ccc32)cc1. The first-order valence-electron chi connectivity index (χ1n) is 26.0. The van der Waals surface area contributed by atoms with Gasteiger partial charge >= 0.3 is 0 Å². The molecule has 11 aromatic carbocycles. The Labute approximate surface area is 439 Å². The number of nitrogens with zero attached hydrogens (tertiary/aromatic N) is 4. The monoisotopic (exact) mass is 970 g/mol. The number of benzene rings is 11. The van der Waals surface area contributed by atoms with Gasteiger partial charge in [0.25, 0.3) is 0 Å². The zero-order valence-corrected chi connectivity index (χ0v) is 41.3. The van der Waals surface area contributed by atoms with Crippen LogP contribution in [-0.2, 0) is 6.42 Å². The number of furan rings is 1. The summed E-state index contributed by atoms with van der Waals surface area (Å²) in [6.07, 6.45) is 0.972. The lowest BCUT2D eigenvalue weighted by atomic mass is 9.89. The predicted octanol–water partition coefficient (Wildman–Crippen LogP) is 18.2.